The van der Waals surface area contributed by atoms with Gasteiger partial charge in [-0.25, -0.2) is 4.90 Å². The average molecular weight is 555 g/mol. The van der Waals surface area contributed by atoms with Gasteiger partial charge in [0.1, 0.15) is 5.75 Å². The number of imide groups is 1. The third-order valence-electron chi connectivity index (χ3n) is 7.50. The number of allylic oxidation sites excluding steroid dienone is 1. The summed E-state index contributed by atoms with van der Waals surface area (Å²) in [6.07, 6.45) is -11.4. The number of amides is 2. The van der Waals surface area contributed by atoms with Crippen LogP contribution in [0.25, 0.3) is 0 Å². The van der Waals surface area contributed by atoms with Crippen molar-refractivity contribution >= 4 is 24.6 Å². The second-order valence-electron chi connectivity index (χ2n) is 9.74. The van der Waals surface area contributed by atoms with Crippen LogP contribution in [0.4, 0.5) is 32.0 Å². The second-order valence-corrected chi connectivity index (χ2v) is 9.74. The molecule has 2 amide bonds. The topological polar surface area (TPSA) is 107 Å². The fourth-order valence-electron chi connectivity index (χ4n) is 5.78. The van der Waals surface area contributed by atoms with Gasteiger partial charge < -0.3 is 19.9 Å². The Morgan fingerprint density at radius 2 is 1.51 bits per heavy atom. The maximum absolute atomic E-state index is 13.6. The van der Waals surface area contributed by atoms with E-state index in [1.165, 1.54) is 24.3 Å². The molecule has 2 aromatic carbocycles. The first-order chi connectivity index (χ1) is 18.2. The van der Waals surface area contributed by atoms with E-state index in [0.717, 1.165) is 0 Å². The number of halogens is 6. The minimum Gasteiger partial charge on any atom is -0.508 e. The van der Waals surface area contributed by atoms with Gasteiger partial charge in [0.05, 0.1) is 41.4 Å². The highest BCUT2D eigenvalue weighted by atomic mass is 19.4. The van der Waals surface area contributed by atoms with Crippen LogP contribution in [0, 0.1) is 17.8 Å². The lowest BCUT2D eigenvalue weighted by Crippen LogP contribution is -2.45. The quantitative estimate of drug-likeness (QED) is 0.300. The van der Waals surface area contributed by atoms with Crippen LogP contribution in [0.3, 0.4) is 0 Å². The maximum atomic E-state index is 13.6. The zero-order chi connectivity index (χ0) is 28.4. The number of aliphatic hydroxyl groups is 1. The van der Waals surface area contributed by atoms with Crippen LogP contribution < -0.4 is 4.90 Å². The molecule has 2 fully saturated rings. The molecular formula is C25H20BF6NO6. The number of aromatic hydroxyl groups is 1. The van der Waals surface area contributed by atoms with E-state index >= 15 is 0 Å². The fourth-order valence-corrected chi connectivity index (χ4v) is 5.78. The first-order valence-electron chi connectivity index (χ1n) is 11.8. The lowest BCUT2D eigenvalue weighted by atomic mass is 9.55. The van der Waals surface area contributed by atoms with Crippen molar-refractivity contribution < 1.29 is 55.8 Å². The Bertz CT molecular complexity index is 1330. The summed E-state index contributed by atoms with van der Waals surface area (Å²) in [6.45, 7) is -0.609. The number of nitrogens with zero attached hydrogens (tertiary/aromatic N) is 1. The van der Waals surface area contributed by atoms with Gasteiger partial charge >= 0.3 is 19.5 Å². The van der Waals surface area contributed by atoms with E-state index in [4.69, 9.17) is 4.65 Å². The second kappa shape index (κ2) is 9.38. The molecule has 3 aliphatic rings. The van der Waals surface area contributed by atoms with Crippen molar-refractivity contribution in [2.75, 3.05) is 11.5 Å². The summed E-state index contributed by atoms with van der Waals surface area (Å²) in [5.74, 6) is -5.33. The minimum absolute atomic E-state index is 0.0189. The minimum atomic E-state index is -5.18. The molecule has 4 atom stereocenters. The molecule has 2 aliphatic heterocycles. The van der Waals surface area contributed by atoms with E-state index < -0.39 is 78.6 Å². The molecule has 2 heterocycles. The standard InChI is InChI=1S/C25H20BF6NO6/c27-24(28,29)13-6-14(25(30,31)32)8-15(7-13)33-22(36)18-5-12(10-34)21-17(20(18)23(33)37)9-19(39-26(21)38)11-1-3-16(35)4-2-11/h1-4,6-8,17-20,34-35,38H,5,9-10H2/t17-,18-,19-,20+/m0/s1. The first kappa shape index (κ1) is 27.2. The Hall–Kier alpha value is -3.36. The lowest BCUT2D eigenvalue weighted by molar-refractivity contribution is -0.143. The van der Waals surface area contributed by atoms with E-state index in [1.54, 1.807) is 0 Å². The molecule has 7 nitrogen and oxygen atoms in total. The fraction of sp³-hybridized carbons (Fsp3) is 0.360. The molecule has 1 aliphatic carbocycles. The number of anilines is 1. The van der Waals surface area contributed by atoms with E-state index in [0.29, 0.717) is 22.6 Å². The van der Waals surface area contributed by atoms with Crippen LogP contribution in [0.1, 0.15) is 35.6 Å². The first-order valence-corrected chi connectivity index (χ1v) is 11.8. The van der Waals surface area contributed by atoms with Crippen LogP contribution in [0.5, 0.6) is 5.75 Å². The van der Waals surface area contributed by atoms with Gasteiger partial charge in [0, 0.05) is 0 Å². The van der Waals surface area contributed by atoms with Gasteiger partial charge in [-0.15, -0.1) is 0 Å². The number of alkyl halides is 6. The highest BCUT2D eigenvalue weighted by molar-refractivity contribution is 6.53. The third kappa shape index (κ3) is 4.70. The van der Waals surface area contributed by atoms with E-state index in [9.17, 15) is 51.2 Å². The Kier molecular flexibility index (Phi) is 6.55. The average Bonchev–Trinajstić information content (AvgIpc) is 3.12. The van der Waals surface area contributed by atoms with Crippen LogP contribution in [-0.4, -0.2) is 40.8 Å². The van der Waals surface area contributed by atoms with Crippen molar-refractivity contribution in [2.45, 2.75) is 31.3 Å². The van der Waals surface area contributed by atoms with Gasteiger partial charge in [-0.1, -0.05) is 12.1 Å². The van der Waals surface area contributed by atoms with Crippen LogP contribution in [-0.2, 0) is 26.6 Å². The molecule has 2 saturated heterocycles. The molecule has 0 unspecified atom stereocenters. The summed E-state index contributed by atoms with van der Waals surface area (Å²) in [7, 11) is -1.59. The molecule has 0 saturated carbocycles. The predicted molar refractivity (Wildman–Crippen MR) is 123 cm³/mol. The monoisotopic (exact) mass is 555 g/mol. The summed E-state index contributed by atoms with van der Waals surface area (Å²) in [5.41, 5.74) is -3.33. The molecule has 0 bridgehead atoms. The van der Waals surface area contributed by atoms with E-state index in [2.05, 4.69) is 0 Å². The van der Waals surface area contributed by atoms with Crippen LogP contribution in [0.2, 0.25) is 0 Å². The van der Waals surface area contributed by atoms with E-state index in [1.807, 2.05) is 0 Å². The van der Waals surface area contributed by atoms with Crippen molar-refractivity contribution in [3.05, 3.63) is 70.2 Å². The number of benzene rings is 2. The zero-order valence-electron chi connectivity index (χ0n) is 19.8. The summed E-state index contributed by atoms with van der Waals surface area (Å²) in [5, 5.41) is 30.3. The predicted octanol–water partition coefficient (Wildman–Crippen LogP) is 4.03. The highest BCUT2D eigenvalue weighted by Crippen LogP contribution is 2.52. The van der Waals surface area contributed by atoms with Gasteiger partial charge in [-0.3, -0.25) is 9.59 Å². The summed E-state index contributed by atoms with van der Waals surface area (Å²) in [6, 6.07) is 6.33. The summed E-state index contributed by atoms with van der Waals surface area (Å²) >= 11 is 0. The van der Waals surface area contributed by atoms with Crippen molar-refractivity contribution in [1.82, 2.24) is 0 Å². The molecule has 0 spiro atoms. The number of phenols is 1. The summed E-state index contributed by atoms with van der Waals surface area (Å²) < 4.78 is 86.4. The Balaban J connectivity index is 1.57. The van der Waals surface area contributed by atoms with Gasteiger partial charge in [-0.2, -0.15) is 26.3 Å². The maximum Gasteiger partial charge on any atom is 0.487 e. The third-order valence-corrected chi connectivity index (χ3v) is 7.50. The van der Waals surface area contributed by atoms with Crippen molar-refractivity contribution in [3.63, 3.8) is 0 Å². The number of aliphatic hydroxyl groups excluding tert-OH is 1. The van der Waals surface area contributed by atoms with Crippen molar-refractivity contribution in [1.29, 1.82) is 0 Å². The Morgan fingerprint density at radius 3 is 2.05 bits per heavy atom. The van der Waals surface area contributed by atoms with Gasteiger partial charge in [0.15, 0.2) is 0 Å². The van der Waals surface area contributed by atoms with Gasteiger partial charge in [-0.05, 0) is 65.7 Å². The van der Waals surface area contributed by atoms with E-state index in [-0.39, 0.29) is 35.7 Å². The van der Waals surface area contributed by atoms with Gasteiger partial charge in [0.2, 0.25) is 11.8 Å². The SMILES string of the molecule is O=C1[C@H]2[C@H](CC(CO)=C3B(O)O[C@H](c4ccc(O)cc4)C[C@H]32)C(=O)N1c1cc(C(F)(F)F)cc(C(F)(F)F)c1. The number of rotatable bonds is 3. The molecule has 0 aromatic heterocycles. The number of carbonyl (C=O) groups is 2. The molecule has 0 radical (unpaired) electrons. The zero-order valence-corrected chi connectivity index (χ0v) is 19.8. The summed E-state index contributed by atoms with van der Waals surface area (Å²) in [4.78, 5) is 27.4. The highest BCUT2D eigenvalue weighted by Gasteiger charge is 2.58. The van der Waals surface area contributed by atoms with Crippen molar-refractivity contribution in [3.8, 4) is 5.75 Å². The molecule has 14 heteroatoms. The molecule has 39 heavy (non-hydrogen) atoms. The number of fused-ring (bicyclic) bond motifs is 3. The lowest BCUT2D eigenvalue weighted by Gasteiger charge is -2.41. The number of carbonyl (C=O) groups excluding carboxylic acids is 2. The molecule has 5 rings (SSSR count). The van der Waals surface area contributed by atoms with Crippen LogP contribution >= 0.6 is 0 Å². The van der Waals surface area contributed by atoms with Crippen LogP contribution in [0.15, 0.2) is 53.5 Å². The number of hydrogen-bond donors (Lipinski definition) is 3. The molecular weight excluding hydrogens is 535 g/mol. The number of phenolic OH excluding ortho intramolecular Hbond substituents is 1. The molecule has 2 aromatic rings. The largest absolute Gasteiger partial charge is 0.508 e. The molecule has 3 N–H and O–H groups in total. The van der Waals surface area contributed by atoms with Gasteiger partial charge in [0.25, 0.3) is 0 Å². The smallest absolute Gasteiger partial charge is 0.487 e. The number of hydrogen-bond acceptors (Lipinski definition) is 6. The Labute approximate surface area is 217 Å². The molecule has 206 valence electrons. The van der Waals surface area contributed by atoms with Crippen molar-refractivity contribution in [2.24, 2.45) is 17.8 Å². The normalized spacial score (nSPS) is 25.7. The Morgan fingerprint density at radius 1 is 0.923 bits per heavy atom.